The number of amides is 1. The molecule has 0 aliphatic heterocycles. The zero-order chi connectivity index (χ0) is 36.5. The first-order valence-electron chi connectivity index (χ1n) is 16.0. The molecule has 52 heavy (non-hydrogen) atoms. The normalized spacial score (nSPS) is 11.7. The number of anilines is 1. The summed E-state index contributed by atoms with van der Waals surface area (Å²) < 4.78 is 62.6. The first kappa shape index (κ1) is 34.0. The van der Waals surface area contributed by atoms with Crippen molar-refractivity contribution in [3.63, 3.8) is 0 Å². The lowest BCUT2D eigenvalue weighted by atomic mass is 9.77. The summed E-state index contributed by atoms with van der Waals surface area (Å²) >= 11 is 0. The molecular weight excluding hydrogens is 685 g/mol. The predicted octanol–water partition coefficient (Wildman–Crippen LogP) is 8.03. The number of hydrogen-bond acceptors (Lipinski definition) is 6. The van der Waals surface area contributed by atoms with Gasteiger partial charge in [0.1, 0.15) is 17.2 Å². The molecule has 6 aromatic carbocycles. The first-order chi connectivity index (χ1) is 25.1. The molecule has 0 bridgehead atoms. The summed E-state index contributed by atoms with van der Waals surface area (Å²) in [5.41, 5.74) is 2.18. The number of carbonyl (C=O) groups is 2. The van der Waals surface area contributed by atoms with Crippen molar-refractivity contribution in [3.8, 4) is 0 Å². The van der Waals surface area contributed by atoms with Crippen LogP contribution in [0.1, 0.15) is 37.4 Å². The maximum absolute atomic E-state index is 14.2. The number of methoxy groups -OCH3 is 1. The van der Waals surface area contributed by atoms with Crippen molar-refractivity contribution in [1.29, 1.82) is 0 Å². The number of aromatic nitrogens is 2. The fraction of sp³-hybridized carbons (Fsp3) is 0.0488. The molecule has 0 aliphatic carbocycles. The molecule has 7 aromatic rings. The number of carbonyl (C=O) groups excluding carboxylic acids is 2. The van der Waals surface area contributed by atoms with Crippen LogP contribution in [0.5, 0.6) is 0 Å². The van der Waals surface area contributed by atoms with Gasteiger partial charge in [-0.2, -0.15) is 5.10 Å². The summed E-state index contributed by atoms with van der Waals surface area (Å²) in [7, 11) is -3.19. The van der Waals surface area contributed by atoms with Crippen LogP contribution in [0.15, 0.2) is 161 Å². The smallest absolute Gasteiger partial charge is 0.337 e. The number of ether oxygens (including phenoxy) is 1. The zero-order valence-corrected chi connectivity index (χ0v) is 28.4. The third-order valence-electron chi connectivity index (χ3n) is 8.80. The van der Waals surface area contributed by atoms with Crippen molar-refractivity contribution in [2.45, 2.75) is 15.3 Å². The van der Waals surface area contributed by atoms with Crippen molar-refractivity contribution in [2.75, 3.05) is 12.4 Å². The molecule has 1 aromatic heterocycles. The topological polar surface area (TPSA) is 107 Å². The van der Waals surface area contributed by atoms with E-state index in [-0.39, 0.29) is 27.2 Å². The average molecular weight is 714 g/mol. The summed E-state index contributed by atoms with van der Waals surface area (Å²) in [6.07, 6.45) is 0. The van der Waals surface area contributed by atoms with Crippen molar-refractivity contribution >= 4 is 38.4 Å². The number of halogens is 2. The number of nitrogens with zero attached hydrogens (tertiary/aromatic N) is 2. The van der Waals surface area contributed by atoms with Gasteiger partial charge in [-0.05, 0) is 71.3 Å². The fourth-order valence-electron chi connectivity index (χ4n) is 6.39. The predicted molar refractivity (Wildman–Crippen MR) is 192 cm³/mol. The Morgan fingerprint density at radius 1 is 0.654 bits per heavy atom. The van der Waals surface area contributed by atoms with Crippen molar-refractivity contribution in [1.82, 2.24) is 9.78 Å². The van der Waals surface area contributed by atoms with Crippen molar-refractivity contribution in [2.24, 2.45) is 0 Å². The Bertz CT molecular complexity index is 2430. The van der Waals surface area contributed by atoms with E-state index in [2.05, 4.69) is 5.32 Å². The van der Waals surface area contributed by atoms with Gasteiger partial charge in [0.15, 0.2) is 5.82 Å². The van der Waals surface area contributed by atoms with Gasteiger partial charge in [0, 0.05) is 17.0 Å². The largest absolute Gasteiger partial charge is 0.465 e. The second kappa shape index (κ2) is 13.7. The van der Waals surface area contributed by atoms with E-state index < -0.39 is 43.8 Å². The molecule has 1 N–H and O–H groups in total. The quantitative estimate of drug-likeness (QED) is 0.120. The van der Waals surface area contributed by atoms with Gasteiger partial charge in [-0.3, -0.25) is 4.79 Å². The van der Waals surface area contributed by atoms with Crippen LogP contribution < -0.4 is 5.32 Å². The number of nitrogens with one attached hydrogen (secondary N) is 1. The molecule has 0 radical (unpaired) electrons. The van der Waals surface area contributed by atoms with Crippen molar-refractivity contribution in [3.05, 3.63) is 191 Å². The number of fused-ring (bicyclic) bond motifs is 1. The van der Waals surface area contributed by atoms with Crippen LogP contribution in [0.3, 0.4) is 0 Å². The van der Waals surface area contributed by atoms with E-state index in [1.807, 2.05) is 91.0 Å². The molecule has 0 aliphatic rings. The minimum absolute atomic E-state index is 0.0201. The monoisotopic (exact) mass is 713 g/mol. The highest BCUT2D eigenvalue weighted by atomic mass is 32.2. The molecule has 11 heteroatoms. The molecule has 0 spiro atoms. The van der Waals surface area contributed by atoms with Crippen LogP contribution in [0.4, 0.5) is 14.6 Å². The van der Waals surface area contributed by atoms with E-state index in [1.165, 1.54) is 43.5 Å². The van der Waals surface area contributed by atoms with Crippen LogP contribution in [-0.4, -0.2) is 37.2 Å². The molecular formula is C41H29F2N3O5S. The third kappa shape index (κ3) is 6.01. The molecule has 0 fully saturated rings. The minimum atomic E-state index is -4.44. The third-order valence-corrected chi connectivity index (χ3v) is 10.5. The minimum Gasteiger partial charge on any atom is -0.465 e. The van der Waals surface area contributed by atoms with E-state index in [9.17, 15) is 26.8 Å². The summed E-state index contributed by atoms with van der Waals surface area (Å²) in [6.45, 7) is 0. The lowest BCUT2D eigenvalue weighted by Gasteiger charge is -2.37. The summed E-state index contributed by atoms with van der Waals surface area (Å²) in [4.78, 5) is 24.9. The van der Waals surface area contributed by atoms with Gasteiger partial charge in [0.25, 0.3) is 5.91 Å². The zero-order valence-electron chi connectivity index (χ0n) is 27.5. The van der Waals surface area contributed by atoms with Crippen LogP contribution >= 0.6 is 0 Å². The number of sulfone groups is 1. The maximum atomic E-state index is 14.2. The van der Waals surface area contributed by atoms with Crippen LogP contribution in [0.25, 0.3) is 10.9 Å². The molecule has 0 atom stereocenters. The number of esters is 1. The van der Waals surface area contributed by atoms with Crippen LogP contribution in [0, 0.1) is 11.6 Å². The Labute approximate surface area is 297 Å². The SMILES string of the molecule is COC(=O)c1ccc(C(=O)Nc2nn(C(c3ccccc3)(c3ccccc3)c3ccccc3)c3ccc(S(=O)(=O)c4cc(F)cc(F)c4)cc23)cc1. The molecule has 1 amide bonds. The number of hydrogen-bond donors (Lipinski definition) is 1. The summed E-state index contributed by atoms with van der Waals surface area (Å²) in [5, 5.41) is 8.12. The van der Waals surface area contributed by atoms with Crippen LogP contribution in [-0.2, 0) is 20.1 Å². The lowest BCUT2D eigenvalue weighted by molar-refractivity contribution is 0.0600. The van der Waals surface area contributed by atoms with Gasteiger partial charge in [-0.1, -0.05) is 91.0 Å². The standard InChI is InChI=1S/C41H29F2N3O5S/c1-51-40(48)28-19-17-27(18-20-28)39(47)44-38-36-26-34(52(49,50)35-24-32(42)23-33(43)25-35)21-22-37(36)46(45-38)41(29-11-5-2-6-12-29,30-13-7-3-8-14-30)31-15-9-4-10-16-31/h2-26H,1H3,(H,44,45,47). The van der Waals surface area contributed by atoms with E-state index >= 15 is 0 Å². The van der Waals surface area contributed by atoms with E-state index in [4.69, 9.17) is 9.84 Å². The molecule has 258 valence electrons. The molecule has 1 heterocycles. The summed E-state index contributed by atoms with van der Waals surface area (Å²) in [6, 6.07) is 41.1. The molecule has 0 saturated heterocycles. The van der Waals surface area contributed by atoms with Crippen LogP contribution in [0.2, 0.25) is 0 Å². The van der Waals surface area contributed by atoms with Gasteiger partial charge in [0.2, 0.25) is 9.84 Å². The lowest BCUT2D eigenvalue weighted by Crippen LogP contribution is -2.38. The molecule has 0 unspecified atom stereocenters. The molecule has 8 nitrogen and oxygen atoms in total. The first-order valence-corrected chi connectivity index (χ1v) is 17.5. The Hall–Kier alpha value is -6.46. The highest BCUT2D eigenvalue weighted by Gasteiger charge is 2.41. The highest BCUT2D eigenvalue weighted by Crippen LogP contribution is 2.44. The van der Waals surface area contributed by atoms with E-state index in [0.717, 1.165) is 28.8 Å². The van der Waals surface area contributed by atoms with Gasteiger partial charge >= 0.3 is 5.97 Å². The molecule has 0 saturated carbocycles. The summed E-state index contributed by atoms with van der Waals surface area (Å²) in [5.74, 6) is -3.23. The van der Waals surface area contributed by atoms with Gasteiger partial charge in [-0.15, -0.1) is 0 Å². The van der Waals surface area contributed by atoms with Gasteiger partial charge < -0.3 is 10.1 Å². The Balaban J connectivity index is 1.50. The van der Waals surface area contributed by atoms with Crippen molar-refractivity contribution < 1.29 is 31.5 Å². The Kier molecular flexibility index (Phi) is 8.95. The number of benzene rings is 6. The fourth-order valence-corrected chi connectivity index (χ4v) is 7.72. The highest BCUT2D eigenvalue weighted by molar-refractivity contribution is 7.91. The van der Waals surface area contributed by atoms with E-state index in [0.29, 0.717) is 11.6 Å². The van der Waals surface area contributed by atoms with Gasteiger partial charge in [-0.25, -0.2) is 26.7 Å². The maximum Gasteiger partial charge on any atom is 0.337 e. The average Bonchev–Trinajstić information content (AvgIpc) is 3.53. The Morgan fingerprint density at radius 2 is 1.15 bits per heavy atom. The molecule has 7 rings (SSSR count). The van der Waals surface area contributed by atoms with Gasteiger partial charge in [0.05, 0.1) is 28.0 Å². The second-order valence-electron chi connectivity index (χ2n) is 11.9. The van der Waals surface area contributed by atoms with E-state index in [1.54, 1.807) is 10.7 Å². The Morgan fingerprint density at radius 3 is 1.65 bits per heavy atom. The second-order valence-corrected chi connectivity index (χ2v) is 13.8. The number of rotatable bonds is 9.